The number of hydrogen-bond donors (Lipinski definition) is 0. The first kappa shape index (κ1) is 63.1. The second-order valence-electron chi connectivity index (χ2n) is 19.0. The summed E-state index contributed by atoms with van der Waals surface area (Å²) >= 11 is 0. The Morgan fingerprint density at radius 2 is 0.576 bits per heavy atom. The molecule has 0 N–H and O–H groups in total. The monoisotopic (exact) mass is 923 g/mol. The van der Waals surface area contributed by atoms with Crippen molar-refractivity contribution in [3.63, 3.8) is 0 Å². The SMILES string of the molecule is CCC\C=C/C=C\C=C/C=C\C=C/CCCCCCCC(=O)OC(COC(=O)CCCCCCCCCCCCC)COC(=O)CCCCCCCCCCCCCCCCCCCCC. The summed E-state index contributed by atoms with van der Waals surface area (Å²) in [6, 6.07) is 0. The van der Waals surface area contributed by atoms with Gasteiger partial charge in [-0.2, -0.15) is 0 Å². The Hall–Kier alpha value is -2.89. The van der Waals surface area contributed by atoms with Crippen LogP contribution in [0.25, 0.3) is 0 Å². The first-order chi connectivity index (χ1) is 32.5. The Balaban J connectivity index is 4.36. The zero-order valence-corrected chi connectivity index (χ0v) is 43.7. The van der Waals surface area contributed by atoms with E-state index in [4.69, 9.17) is 14.2 Å². The molecule has 66 heavy (non-hydrogen) atoms. The molecule has 0 aliphatic heterocycles. The number of unbranched alkanes of at least 4 members (excludes halogenated alkanes) is 34. The molecule has 6 heteroatoms. The Morgan fingerprint density at radius 3 is 0.909 bits per heavy atom. The minimum Gasteiger partial charge on any atom is -0.462 e. The largest absolute Gasteiger partial charge is 0.462 e. The van der Waals surface area contributed by atoms with Gasteiger partial charge >= 0.3 is 17.9 Å². The summed E-state index contributed by atoms with van der Waals surface area (Å²) < 4.78 is 16.8. The highest BCUT2D eigenvalue weighted by Crippen LogP contribution is 2.17. The summed E-state index contributed by atoms with van der Waals surface area (Å²) in [5.41, 5.74) is 0. The zero-order valence-electron chi connectivity index (χ0n) is 43.7. The van der Waals surface area contributed by atoms with Crippen LogP contribution in [0.5, 0.6) is 0 Å². The van der Waals surface area contributed by atoms with Crippen LogP contribution in [0.15, 0.2) is 60.8 Å². The van der Waals surface area contributed by atoms with Gasteiger partial charge in [0.1, 0.15) is 13.2 Å². The number of allylic oxidation sites excluding steroid dienone is 10. The summed E-state index contributed by atoms with van der Waals surface area (Å²) in [5, 5.41) is 0. The average molecular weight is 924 g/mol. The molecule has 1 atom stereocenters. The van der Waals surface area contributed by atoms with Gasteiger partial charge < -0.3 is 14.2 Å². The Kier molecular flexibility index (Phi) is 52.3. The Bertz CT molecular complexity index is 1200. The molecule has 0 spiro atoms. The minimum atomic E-state index is -0.784. The van der Waals surface area contributed by atoms with E-state index in [0.717, 1.165) is 83.5 Å². The third kappa shape index (κ3) is 52.1. The quantitative estimate of drug-likeness (QED) is 0.0262. The van der Waals surface area contributed by atoms with Crippen molar-refractivity contribution in [2.45, 2.75) is 290 Å². The minimum absolute atomic E-state index is 0.0812. The standard InChI is InChI=1S/C60H106O6/c1-4-7-10-13-16-19-22-24-26-28-30-32-33-35-38-41-44-47-50-53-59(62)65-56-57(55-64-58(61)52-49-46-43-40-37-21-18-15-12-9-6-3)66-60(63)54-51-48-45-42-39-36-34-31-29-27-25-23-20-17-14-11-8-5-2/h11,14,17,20,23,25,27,29,31,34,57H,4-10,12-13,15-16,18-19,21-22,24,26,28,30,32-33,35-56H2,1-3H3/b14-11-,20-17-,25-23-,29-27-,34-31-. The molecule has 0 aliphatic carbocycles. The molecule has 0 heterocycles. The third-order valence-corrected chi connectivity index (χ3v) is 12.4. The van der Waals surface area contributed by atoms with Crippen molar-refractivity contribution in [2.75, 3.05) is 13.2 Å². The number of esters is 3. The van der Waals surface area contributed by atoms with Gasteiger partial charge in [0.05, 0.1) is 0 Å². The first-order valence-electron chi connectivity index (χ1n) is 28.4. The van der Waals surface area contributed by atoms with Crippen molar-refractivity contribution in [1.82, 2.24) is 0 Å². The maximum Gasteiger partial charge on any atom is 0.306 e. The van der Waals surface area contributed by atoms with Crippen LogP contribution < -0.4 is 0 Å². The maximum atomic E-state index is 12.8. The van der Waals surface area contributed by atoms with Crippen LogP contribution in [-0.2, 0) is 28.6 Å². The van der Waals surface area contributed by atoms with Crippen molar-refractivity contribution in [2.24, 2.45) is 0 Å². The fourth-order valence-electron chi connectivity index (χ4n) is 8.12. The molecule has 0 aromatic heterocycles. The maximum absolute atomic E-state index is 12.8. The summed E-state index contributed by atoms with van der Waals surface area (Å²) in [7, 11) is 0. The van der Waals surface area contributed by atoms with Crippen LogP contribution in [-0.4, -0.2) is 37.2 Å². The van der Waals surface area contributed by atoms with E-state index in [1.807, 2.05) is 24.3 Å². The molecule has 0 rings (SSSR count). The number of carbonyl (C=O) groups is 3. The number of ether oxygens (including phenoxy) is 3. The molecule has 0 aliphatic rings. The van der Waals surface area contributed by atoms with E-state index in [1.54, 1.807) is 0 Å². The number of hydrogen-bond acceptors (Lipinski definition) is 6. The van der Waals surface area contributed by atoms with Gasteiger partial charge in [0, 0.05) is 19.3 Å². The summed E-state index contributed by atoms with van der Waals surface area (Å²) in [5.74, 6) is -0.894. The van der Waals surface area contributed by atoms with Crippen LogP contribution in [0, 0.1) is 0 Å². The van der Waals surface area contributed by atoms with Gasteiger partial charge in [-0.1, -0.05) is 287 Å². The lowest BCUT2D eigenvalue weighted by Crippen LogP contribution is -2.30. The molecule has 0 saturated carbocycles. The van der Waals surface area contributed by atoms with Gasteiger partial charge in [-0.05, 0) is 38.5 Å². The van der Waals surface area contributed by atoms with Gasteiger partial charge in [-0.25, -0.2) is 0 Å². The van der Waals surface area contributed by atoms with Crippen LogP contribution in [0.2, 0.25) is 0 Å². The van der Waals surface area contributed by atoms with Crippen molar-refractivity contribution < 1.29 is 28.6 Å². The van der Waals surface area contributed by atoms with Crippen LogP contribution >= 0.6 is 0 Å². The lowest BCUT2D eigenvalue weighted by atomic mass is 10.0. The summed E-state index contributed by atoms with van der Waals surface area (Å²) in [6.45, 7) is 6.55. The van der Waals surface area contributed by atoms with Gasteiger partial charge in [0.2, 0.25) is 0 Å². The highest BCUT2D eigenvalue weighted by atomic mass is 16.6. The molecule has 0 fully saturated rings. The lowest BCUT2D eigenvalue weighted by molar-refractivity contribution is -0.167. The van der Waals surface area contributed by atoms with Crippen molar-refractivity contribution in [3.8, 4) is 0 Å². The Labute approximate surface area is 409 Å². The molecule has 382 valence electrons. The highest BCUT2D eigenvalue weighted by Gasteiger charge is 2.19. The van der Waals surface area contributed by atoms with E-state index in [1.165, 1.54) is 161 Å². The molecule has 0 radical (unpaired) electrons. The molecule has 0 saturated heterocycles. The van der Waals surface area contributed by atoms with E-state index < -0.39 is 6.10 Å². The fourth-order valence-corrected chi connectivity index (χ4v) is 8.12. The molecular formula is C60H106O6. The highest BCUT2D eigenvalue weighted by molar-refractivity contribution is 5.71. The number of carbonyl (C=O) groups excluding carboxylic acids is 3. The topological polar surface area (TPSA) is 78.9 Å². The summed E-state index contributed by atoms with van der Waals surface area (Å²) in [6.07, 6.45) is 67.8. The number of rotatable bonds is 51. The predicted molar refractivity (Wildman–Crippen MR) is 284 cm³/mol. The smallest absolute Gasteiger partial charge is 0.306 e. The molecule has 0 amide bonds. The normalized spacial score (nSPS) is 12.5. The average Bonchev–Trinajstić information content (AvgIpc) is 3.31. The van der Waals surface area contributed by atoms with Gasteiger partial charge in [0.25, 0.3) is 0 Å². The van der Waals surface area contributed by atoms with Gasteiger partial charge in [0.15, 0.2) is 6.10 Å². The lowest BCUT2D eigenvalue weighted by Gasteiger charge is -2.18. The molecular weight excluding hydrogens is 817 g/mol. The van der Waals surface area contributed by atoms with Crippen LogP contribution in [0.3, 0.4) is 0 Å². The fraction of sp³-hybridized carbons (Fsp3) is 0.783. The molecule has 0 bridgehead atoms. The van der Waals surface area contributed by atoms with E-state index in [2.05, 4.69) is 57.2 Å². The third-order valence-electron chi connectivity index (χ3n) is 12.4. The van der Waals surface area contributed by atoms with Gasteiger partial charge in [-0.3, -0.25) is 14.4 Å². The van der Waals surface area contributed by atoms with E-state index in [0.29, 0.717) is 19.3 Å². The van der Waals surface area contributed by atoms with Crippen molar-refractivity contribution in [3.05, 3.63) is 60.8 Å². The molecule has 6 nitrogen and oxygen atoms in total. The molecule has 0 aromatic rings. The second-order valence-corrected chi connectivity index (χ2v) is 19.0. The van der Waals surface area contributed by atoms with Crippen LogP contribution in [0.4, 0.5) is 0 Å². The van der Waals surface area contributed by atoms with Crippen molar-refractivity contribution >= 4 is 17.9 Å². The molecule has 0 aromatic carbocycles. The van der Waals surface area contributed by atoms with E-state index >= 15 is 0 Å². The van der Waals surface area contributed by atoms with Crippen LogP contribution in [0.1, 0.15) is 284 Å². The predicted octanol–water partition coefficient (Wildman–Crippen LogP) is 18.8. The van der Waals surface area contributed by atoms with Crippen molar-refractivity contribution in [1.29, 1.82) is 0 Å². The van der Waals surface area contributed by atoms with E-state index in [-0.39, 0.29) is 31.1 Å². The van der Waals surface area contributed by atoms with Gasteiger partial charge in [-0.15, -0.1) is 0 Å². The molecule has 1 unspecified atom stereocenters. The summed E-state index contributed by atoms with van der Waals surface area (Å²) in [4.78, 5) is 38.1. The van der Waals surface area contributed by atoms with E-state index in [9.17, 15) is 14.4 Å². The first-order valence-corrected chi connectivity index (χ1v) is 28.4. The second kappa shape index (κ2) is 54.7. The zero-order chi connectivity index (χ0) is 47.9. The Morgan fingerprint density at radius 1 is 0.303 bits per heavy atom.